The standard InChI is InChI=1S/C59H54FNO7/c1-4-58(64-3)50-13-7-6-12-46(50)54-48-36-52(67-57(62)40-17-15-38(16-18-40)39-19-29-45(30-20-39)66-53-14-8-11-35-65-53)51(63-2)37-49(48)56-47(55(54)58)31-32-59(68-56,41-21-25-43(60)26-22-41)42-23-27-44(28-24-42)61-33-9-5-10-34-61/h6-7,12-13,15-32,36-37,53H,4-5,8-11,14,33-35H2,1-3H3. The van der Waals surface area contributed by atoms with E-state index < -0.39 is 17.2 Å². The van der Waals surface area contributed by atoms with E-state index in [0.717, 1.165) is 106 Å². The largest absolute Gasteiger partial charge is 0.493 e. The molecule has 2 saturated heterocycles. The molecule has 8 nitrogen and oxygen atoms in total. The molecule has 11 rings (SSSR count). The first-order valence-electron chi connectivity index (χ1n) is 23.9. The molecule has 3 atom stereocenters. The fourth-order valence-corrected chi connectivity index (χ4v) is 10.9. The fraction of sp³-hybridized carbons (Fsp3) is 0.271. The lowest BCUT2D eigenvalue weighted by Gasteiger charge is -2.39. The van der Waals surface area contributed by atoms with Crippen molar-refractivity contribution in [3.8, 4) is 45.3 Å². The zero-order chi connectivity index (χ0) is 46.4. The first-order valence-corrected chi connectivity index (χ1v) is 23.9. The molecule has 68 heavy (non-hydrogen) atoms. The number of benzene rings is 7. The highest BCUT2D eigenvalue weighted by atomic mass is 19.1. The molecule has 0 N–H and O–H groups in total. The summed E-state index contributed by atoms with van der Waals surface area (Å²) in [4.78, 5) is 16.6. The second kappa shape index (κ2) is 17.9. The monoisotopic (exact) mass is 907 g/mol. The molecule has 3 aliphatic heterocycles. The highest BCUT2D eigenvalue weighted by Crippen LogP contribution is 2.60. The molecular formula is C59H54FNO7. The highest BCUT2D eigenvalue weighted by molar-refractivity contribution is 6.10. The van der Waals surface area contributed by atoms with Gasteiger partial charge in [-0.25, -0.2) is 9.18 Å². The predicted molar refractivity (Wildman–Crippen MR) is 264 cm³/mol. The van der Waals surface area contributed by atoms with Crippen LogP contribution in [0.3, 0.4) is 0 Å². The molecule has 3 heterocycles. The van der Waals surface area contributed by atoms with Crippen LogP contribution >= 0.6 is 0 Å². The van der Waals surface area contributed by atoms with Crippen LogP contribution in [0.4, 0.5) is 10.1 Å². The van der Waals surface area contributed by atoms with Crippen LogP contribution in [-0.4, -0.2) is 46.2 Å². The maximum atomic E-state index is 14.7. The summed E-state index contributed by atoms with van der Waals surface area (Å²) in [5, 5.41) is 1.57. The summed E-state index contributed by atoms with van der Waals surface area (Å²) in [5.74, 6) is 1.15. The van der Waals surface area contributed by atoms with Gasteiger partial charge in [-0.05, 0) is 138 Å². The first-order chi connectivity index (χ1) is 33.3. The van der Waals surface area contributed by atoms with Crippen molar-refractivity contribution in [1.29, 1.82) is 0 Å². The highest BCUT2D eigenvalue weighted by Gasteiger charge is 2.48. The van der Waals surface area contributed by atoms with E-state index in [2.05, 4.69) is 60.4 Å². The molecule has 7 aromatic carbocycles. The van der Waals surface area contributed by atoms with Gasteiger partial charge in [0.25, 0.3) is 0 Å². The van der Waals surface area contributed by atoms with E-state index in [-0.39, 0.29) is 17.9 Å². The van der Waals surface area contributed by atoms with Gasteiger partial charge >= 0.3 is 5.97 Å². The molecule has 0 spiro atoms. The summed E-state index contributed by atoms with van der Waals surface area (Å²) in [6.45, 7) is 4.91. The number of halogens is 1. The van der Waals surface area contributed by atoms with Gasteiger partial charge in [0.1, 0.15) is 22.9 Å². The Morgan fingerprint density at radius 2 is 1.46 bits per heavy atom. The first kappa shape index (κ1) is 43.6. The predicted octanol–water partition coefficient (Wildman–Crippen LogP) is 13.4. The Labute approximate surface area is 396 Å². The number of hydrogen-bond donors (Lipinski definition) is 0. The topological polar surface area (TPSA) is 75.7 Å². The number of ether oxygens (including phenoxy) is 6. The maximum Gasteiger partial charge on any atom is 0.343 e. The van der Waals surface area contributed by atoms with Crippen LogP contribution in [0.15, 0.2) is 140 Å². The number of carbonyl (C=O) groups is 1. The van der Waals surface area contributed by atoms with E-state index in [4.69, 9.17) is 28.4 Å². The van der Waals surface area contributed by atoms with Crippen molar-refractivity contribution < 1.29 is 37.6 Å². The Hall–Kier alpha value is -6.94. The number of rotatable bonds is 11. The molecule has 9 heteroatoms. The zero-order valence-corrected chi connectivity index (χ0v) is 38.7. The minimum atomic E-state index is -1.14. The average molecular weight is 908 g/mol. The van der Waals surface area contributed by atoms with Gasteiger partial charge in [0.15, 0.2) is 23.4 Å². The fourth-order valence-electron chi connectivity index (χ4n) is 10.9. The van der Waals surface area contributed by atoms with Crippen molar-refractivity contribution in [2.45, 2.75) is 69.4 Å². The van der Waals surface area contributed by atoms with Crippen LogP contribution in [0, 0.1) is 5.82 Å². The van der Waals surface area contributed by atoms with E-state index in [0.29, 0.717) is 23.5 Å². The Balaban J connectivity index is 1.00. The van der Waals surface area contributed by atoms with Crippen molar-refractivity contribution in [2.24, 2.45) is 0 Å². The summed E-state index contributed by atoms with van der Waals surface area (Å²) >= 11 is 0. The molecule has 0 amide bonds. The Morgan fingerprint density at radius 3 is 2.13 bits per heavy atom. The lowest BCUT2D eigenvalue weighted by atomic mass is 9.79. The second-order valence-electron chi connectivity index (χ2n) is 18.1. The molecule has 0 bridgehead atoms. The zero-order valence-electron chi connectivity index (χ0n) is 38.7. The van der Waals surface area contributed by atoms with Crippen molar-refractivity contribution >= 4 is 28.5 Å². The van der Waals surface area contributed by atoms with E-state index in [1.54, 1.807) is 38.5 Å². The summed E-state index contributed by atoms with van der Waals surface area (Å²) < 4.78 is 53.0. The quantitative estimate of drug-likeness (QED) is 0.0938. The maximum absolute atomic E-state index is 14.7. The van der Waals surface area contributed by atoms with E-state index >= 15 is 0 Å². The van der Waals surface area contributed by atoms with Crippen LogP contribution < -0.4 is 23.8 Å². The molecule has 7 aromatic rings. The minimum absolute atomic E-state index is 0.214. The van der Waals surface area contributed by atoms with E-state index in [9.17, 15) is 9.18 Å². The summed E-state index contributed by atoms with van der Waals surface area (Å²) in [6.07, 6.45) is 11.3. The Morgan fingerprint density at radius 1 is 0.765 bits per heavy atom. The van der Waals surface area contributed by atoms with Gasteiger partial charge in [-0.2, -0.15) is 0 Å². The van der Waals surface area contributed by atoms with Gasteiger partial charge in [-0.1, -0.05) is 85.8 Å². The molecule has 0 radical (unpaired) electrons. The van der Waals surface area contributed by atoms with Gasteiger partial charge in [0, 0.05) is 59.9 Å². The molecule has 4 aliphatic rings. The molecule has 1 aliphatic carbocycles. The van der Waals surface area contributed by atoms with Crippen LogP contribution in [0.2, 0.25) is 0 Å². The Kier molecular flexibility index (Phi) is 11.5. The van der Waals surface area contributed by atoms with Crippen LogP contribution in [-0.2, 0) is 20.7 Å². The number of piperidine rings is 1. The third kappa shape index (κ3) is 7.49. The summed E-state index contributed by atoms with van der Waals surface area (Å²) in [7, 11) is 3.33. The normalized spacial score (nSPS) is 20.5. The Bertz CT molecular complexity index is 3020. The third-order valence-corrected chi connectivity index (χ3v) is 14.4. The number of esters is 1. The molecule has 3 unspecified atom stereocenters. The van der Waals surface area contributed by atoms with Crippen molar-refractivity contribution in [1.82, 2.24) is 0 Å². The number of methoxy groups -OCH3 is 2. The van der Waals surface area contributed by atoms with E-state index in [1.807, 2.05) is 60.7 Å². The lowest BCUT2D eigenvalue weighted by Crippen LogP contribution is -2.36. The van der Waals surface area contributed by atoms with Crippen LogP contribution in [0.25, 0.3) is 39.1 Å². The van der Waals surface area contributed by atoms with Gasteiger partial charge in [-0.3, -0.25) is 0 Å². The van der Waals surface area contributed by atoms with Crippen LogP contribution in [0.1, 0.15) is 90.0 Å². The molecular weight excluding hydrogens is 854 g/mol. The number of carbonyl (C=O) groups excluding carboxylic acids is 1. The van der Waals surface area contributed by atoms with E-state index in [1.165, 1.54) is 37.1 Å². The molecule has 0 aromatic heterocycles. The van der Waals surface area contributed by atoms with Crippen molar-refractivity contribution in [2.75, 3.05) is 38.8 Å². The van der Waals surface area contributed by atoms with Crippen molar-refractivity contribution in [3.05, 3.63) is 179 Å². The molecule has 0 saturated carbocycles. The van der Waals surface area contributed by atoms with Gasteiger partial charge < -0.3 is 33.3 Å². The van der Waals surface area contributed by atoms with Crippen LogP contribution in [0.5, 0.6) is 23.0 Å². The summed E-state index contributed by atoms with van der Waals surface area (Å²) in [5.41, 5.74) is 8.09. The number of hydrogen-bond acceptors (Lipinski definition) is 8. The SMILES string of the molecule is CCC1(OC)c2ccccc2-c2c1c1c(c3cc(OC)c(OC(=O)c4ccc(-c5ccc(OC6CCCCO6)cc5)cc4)cc23)OC(c2ccc(F)cc2)(c2ccc(N3CCCCC3)cc2)C=C1. The number of anilines is 1. The van der Waals surface area contributed by atoms with Gasteiger partial charge in [0.2, 0.25) is 0 Å². The lowest BCUT2D eigenvalue weighted by molar-refractivity contribution is -0.105. The second-order valence-corrected chi connectivity index (χ2v) is 18.1. The van der Waals surface area contributed by atoms with Gasteiger partial charge in [-0.15, -0.1) is 0 Å². The minimum Gasteiger partial charge on any atom is -0.493 e. The smallest absolute Gasteiger partial charge is 0.343 e. The number of fused-ring (bicyclic) bond motifs is 8. The van der Waals surface area contributed by atoms with Gasteiger partial charge in [0.05, 0.1) is 19.3 Å². The summed E-state index contributed by atoms with van der Waals surface area (Å²) in [6, 6.07) is 42.6. The third-order valence-electron chi connectivity index (χ3n) is 14.4. The number of nitrogens with zero attached hydrogens (tertiary/aromatic N) is 1. The molecule has 344 valence electrons. The average Bonchev–Trinajstić information content (AvgIpc) is 3.70. The van der Waals surface area contributed by atoms with Crippen molar-refractivity contribution in [3.63, 3.8) is 0 Å². The molecule has 2 fully saturated rings.